The van der Waals surface area contributed by atoms with Crippen LogP contribution < -0.4 is 10.1 Å². The number of halogens is 2. The van der Waals surface area contributed by atoms with Crippen molar-refractivity contribution in [2.45, 2.75) is 18.8 Å². The number of carbonyl (C=O) groups excluding carboxylic acids is 1. The van der Waals surface area contributed by atoms with E-state index in [1.54, 1.807) is 24.3 Å². The molecule has 3 unspecified atom stereocenters. The first-order chi connectivity index (χ1) is 13.4. The Kier molecular flexibility index (Phi) is 5.92. The average molecular weight is 389 g/mol. The molecule has 0 aliphatic heterocycles. The first-order valence-corrected chi connectivity index (χ1v) is 8.98. The molecule has 2 aromatic rings. The van der Waals surface area contributed by atoms with Gasteiger partial charge in [-0.25, -0.2) is 8.78 Å². The summed E-state index contributed by atoms with van der Waals surface area (Å²) in [6.45, 7) is -0.0403. The summed E-state index contributed by atoms with van der Waals surface area (Å²) < 4.78 is 32.1. The van der Waals surface area contributed by atoms with Gasteiger partial charge < -0.3 is 15.2 Å². The molecule has 1 aliphatic rings. The Morgan fingerprint density at radius 1 is 1.25 bits per heavy atom. The van der Waals surface area contributed by atoms with E-state index in [0.29, 0.717) is 17.7 Å². The number of methoxy groups -OCH3 is 1. The van der Waals surface area contributed by atoms with Crippen LogP contribution in [0.4, 0.5) is 8.78 Å². The van der Waals surface area contributed by atoms with Crippen LogP contribution in [0, 0.1) is 23.5 Å². The van der Waals surface area contributed by atoms with E-state index in [4.69, 9.17) is 4.74 Å². The minimum Gasteiger partial charge on any atom is -0.496 e. The van der Waals surface area contributed by atoms with Crippen LogP contribution in [0.5, 0.6) is 5.75 Å². The van der Waals surface area contributed by atoms with E-state index in [9.17, 15) is 23.5 Å². The molecule has 1 aliphatic carbocycles. The lowest BCUT2D eigenvalue weighted by atomic mass is 9.98. The van der Waals surface area contributed by atoms with Gasteiger partial charge in [0.1, 0.15) is 17.4 Å². The fraction of sp³-hybridized carbons (Fsp3) is 0.333. The average Bonchev–Trinajstić information content (AvgIpc) is 3.45. The van der Waals surface area contributed by atoms with Gasteiger partial charge in [-0.1, -0.05) is 24.3 Å². The predicted molar refractivity (Wildman–Crippen MR) is 98.0 cm³/mol. The van der Waals surface area contributed by atoms with Crippen molar-refractivity contribution in [3.63, 3.8) is 0 Å². The number of carboxylic acid groups (broad SMARTS) is 1. The molecule has 3 atom stereocenters. The topological polar surface area (TPSA) is 75.6 Å². The highest BCUT2D eigenvalue weighted by atomic mass is 19.1. The highest BCUT2D eigenvalue weighted by Crippen LogP contribution is 2.48. The molecule has 0 spiro atoms. The summed E-state index contributed by atoms with van der Waals surface area (Å²) in [5.74, 6) is -3.64. The van der Waals surface area contributed by atoms with Gasteiger partial charge in [-0.3, -0.25) is 9.59 Å². The van der Waals surface area contributed by atoms with E-state index in [-0.39, 0.29) is 24.8 Å². The van der Waals surface area contributed by atoms with Crippen LogP contribution in [0.25, 0.3) is 0 Å². The van der Waals surface area contributed by atoms with Gasteiger partial charge in [0.2, 0.25) is 5.91 Å². The van der Waals surface area contributed by atoms with Gasteiger partial charge in [-0.15, -0.1) is 0 Å². The van der Waals surface area contributed by atoms with Gasteiger partial charge in [-0.05, 0) is 42.0 Å². The second kappa shape index (κ2) is 8.37. The standard InChI is InChI=1S/C21H21F2NO4/c1-28-19-5-3-2-4-12(19)8-13(21(26)27)11-24-20(25)17-10-16(17)15-7-6-14(22)9-18(15)23/h2-7,9,13,16-17H,8,10-11H2,1H3,(H,24,25)(H,26,27). The van der Waals surface area contributed by atoms with E-state index < -0.39 is 29.4 Å². The van der Waals surface area contributed by atoms with Gasteiger partial charge in [-0.2, -0.15) is 0 Å². The lowest BCUT2D eigenvalue weighted by Crippen LogP contribution is -2.35. The molecule has 1 fully saturated rings. The summed E-state index contributed by atoms with van der Waals surface area (Å²) in [5.41, 5.74) is 1.05. The molecule has 0 bridgehead atoms. The van der Waals surface area contributed by atoms with E-state index in [0.717, 1.165) is 11.6 Å². The third-order valence-electron chi connectivity index (χ3n) is 5.02. The summed E-state index contributed by atoms with van der Waals surface area (Å²) >= 11 is 0. The Labute approximate surface area is 161 Å². The minimum atomic E-state index is -1.02. The molecular formula is C21H21F2NO4. The van der Waals surface area contributed by atoms with Crippen molar-refractivity contribution in [2.75, 3.05) is 13.7 Å². The molecule has 7 heteroatoms. The molecule has 0 radical (unpaired) electrons. The highest BCUT2D eigenvalue weighted by molar-refractivity contribution is 5.83. The zero-order valence-electron chi connectivity index (χ0n) is 15.3. The Morgan fingerprint density at radius 2 is 2.00 bits per heavy atom. The van der Waals surface area contributed by atoms with Crippen molar-refractivity contribution in [2.24, 2.45) is 11.8 Å². The van der Waals surface area contributed by atoms with Crippen molar-refractivity contribution in [1.29, 1.82) is 0 Å². The summed E-state index contributed by atoms with van der Waals surface area (Å²) in [5, 5.41) is 12.1. The van der Waals surface area contributed by atoms with Crippen molar-refractivity contribution in [3.05, 3.63) is 65.2 Å². The van der Waals surface area contributed by atoms with Crippen LogP contribution in [0.1, 0.15) is 23.5 Å². The summed E-state index contributed by atoms with van der Waals surface area (Å²) in [4.78, 5) is 23.9. The van der Waals surface area contributed by atoms with Crippen LogP contribution in [-0.4, -0.2) is 30.6 Å². The number of amides is 1. The normalized spacial score (nSPS) is 19.0. The zero-order chi connectivity index (χ0) is 20.3. The van der Waals surface area contributed by atoms with Crippen molar-refractivity contribution in [1.82, 2.24) is 5.32 Å². The number of aliphatic carboxylic acids is 1. The van der Waals surface area contributed by atoms with Crippen LogP contribution in [0.2, 0.25) is 0 Å². The van der Waals surface area contributed by atoms with E-state index in [2.05, 4.69) is 5.32 Å². The molecule has 1 amide bonds. The number of rotatable bonds is 8. The first kappa shape index (κ1) is 19.8. The first-order valence-electron chi connectivity index (χ1n) is 8.98. The summed E-state index contributed by atoms with van der Waals surface area (Å²) in [7, 11) is 1.51. The molecule has 2 aromatic carbocycles. The van der Waals surface area contributed by atoms with Crippen LogP contribution >= 0.6 is 0 Å². The molecule has 1 saturated carbocycles. The summed E-state index contributed by atoms with van der Waals surface area (Å²) in [6, 6.07) is 10.4. The summed E-state index contributed by atoms with van der Waals surface area (Å²) in [6.07, 6.45) is 0.666. The fourth-order valence-electron chi connectivity index (χ4n) is 3.37. The van der Waals surface area contributed by atoms with Crippen LogP contribution in [0.15, 0.2) is 42.5 Å². The van der Waals surface area contributed by atoms with Crippen molar-refractivity contribution < 1.29 is 28.2 Å². The molecule has 0 aromatic heterocycles. The number of carboxylic acids is 1. The number of hydrogen-bond acceptors (Lipinski definition) is 3. The largest absolute Gasteiger partial charge is 0.496 e. The second-order valence-electron chi connectivity index (χ2n) is 6.91. The molecule has 5 nitrogen and oxygen atoms in total. The third kappa shape index (κ3) is 4.47. The van der Waals surface area contributed by atoms with Gasteiger partial charge in [0.25, 0.3) is 0 Å². The van der Waals surface area contributed by atoms with Crippen molar-refractivity contribution in [3.8, 4) is 5.75 Å². The maximum absolute atomic E-state index is 13.9. The number of para-hydroxylation sites is 1. The van der Waals surface area contributed by atoms with E-state index >= 15 is 0 Å². The predicted octanol–water partition coefficient (Wildman–Crippen LogP) is 3.14. The van der Waals surface area contributed by atoms with Crippen LogP contribution in [0.3, 0.4) is 0 Å². The molecule has 28 heavy (non-hydrogen) atoms. The second-order valence-corrected chi connectivity index (χ2v) is 6.91. The number of hydrogen-bond donors (Lipinski definition) is 2. The number of carbonyl (C=O) groups is 2. The van der Waals surface area contributed by atoms with Gasteiger partial charge in [0.05, 0.1) is 13.0 Å². The Bertz CT molecular complexity index is 886. The number of ether oxygens (including phenoxy) is 1. The van der Waals surface area contributed by atoms with Gasteiger partial charge in [0, 0.05) is 18.5 Å². The SMILES string of the molecule is COc1ccccc1CC(CNC(=O)C1CC1c1ccc(F)cc1F)C(=O)O. The molecule has 0 saturated heterocycles. The molecule has 0 heterocycles. The molecule has 148 valence electrons. The van der Waals surface area contributed by atoms with E-state index in [1.807, 2.05) is 0 Å². The lowest BCUT2D eigenvalue weighted by molar-refractivity contribution is -0.141. The third-order valence-corrected chi connectivity index (χ3v) is 5.02. The van der Waals surface area contributed by atoms with Gasteiger partial charge in [0.15, 0.2) is 0 Å². The Balaban J connectivity index is 1.58. The monoisotopic (exact) mass is 389 g/mol. The Morgan fingerprint density at radius 3 is 2.68 bits per heavy atom. The zero-order valence-corrected chi connectivity index (χ0v) is 15.3. The molecular weight excluding hydrogens is 368 g/mol. The lowest BCUT2D eigenvalue weighted by Gasteiger charge is -2.15. The van der Waals surface area contributed by atoms with Crippen molar-refractivity contribution >= 4 is 11.9 Å². The Hall–Kier alpha value is -2.96. The quantitative estimate of drug-likeness (QED) is 0.727. The number of benzene rings is 2. The van der Waals surface area contributed by atoms with Gasteiger partial charge >= 0.3 is 5.97 Å². The maximum atomic E-state index is 13.9. The smallest absolute Gasteiger partial charge is 0.308 e. The maximum Gasteiger partial charge on any atom is 0.308 e. The molecule has 3 rings (SSSR count). The minimum absolute atomic E-state index is 0.0403. The fourth-order valence-corrected chi connectivity index (χ4v) is 3.37. The molecule has 2 N–H and O–H groups in total. The van der Waals surface area contributed by atoms with E-state index in [1.165, 1.54) is 19.2 Å². The van der Waals surface area contributed by atoms with Crippen LogP contribution in [-0.2, 0) is 16.0 Å². The highest BCUT2D eigenvalue weighted by Gasteiger charge is 2.45. The number of nitrogens with one attached hydrogen (secondary N) is 1.